The number of allylic oxidation sites excluding steroid dienone is 3. The molecular formula is C14H24. The Hall–Kier alpha value is -0.520. The molecule has 0 aromatic heterocycles. The van der Waals surface area contributed by atoms with Crippen LogP contribution in [-0.2, 0) is 0 Å². The molecule has 0 aromatic rings. The minimum absolute atomic E-state index is 0.801. The average molecular weight is 192 g/mol. The predicted octanol–water partition coefficient (Wildman–Crippen LogP) is 4.73. The second-order valence-corrected chi connectivity index (χ2v) is 4.48. The van der Waals surface area contributed by atoms with E-state index in [1.165, 1.54) is 44.9 Å². The number of unbranched alkanes of at least 4 members (excludes halogenated alkanes) is 2. The van der Waals surface area contributed by atoms with Crippen LogP contribution in [0.1, 0.15) is 51.9 Å². The quantitative estimate of drug-likeness (QED) is 0.436. The highest BCUT2D eigenvalue weighted by molar-refractivity contribution is 4.93. The molecule has 1 saturated carbocycles. The summed E-state index contributed by atoms with van der Waals surface area (Å²) in [5.74, 6) is 1.67. The molecule has 0 nitrogen and oxygen atoms in total. The van der Waals surface area contributed by atoms with Gasteiger partial charge < -0.3 is 0 Å². The van der Waals surface area contributed by atoms with Crippen LogP contribution in [0.2, 0.25) is 0 Å². The van der Waals surface area contributed by atoms with E-state index in [1.54, 1.807) is 0 Å². The van der Waals surface area contributed by atoms with E-state index in [2.05, 4.69) is 31.7 Å². The zero-order valence-corrected chi connectivity index (χ0v) is 9.54. The van der Waals surface area contributed by atoms with Crippen LogP contribution in [0, 0.1) is 11.8 Å². The fourth-order valence-electron chi connectivity index (χ4n) is 2.18. The van der Waals surface area contributed by atoms with Crippen molar-refractivity contribution in [3.05, 3.63) is 24.8 Å². The molecule has 0 radical (unpaired) electrons. The number of hydrogen-bond acceptors (Lipinski definition) is 0. The van der Waals surface area contributed by atoms with Gasteiger partial charge in [0.05, 0.1) is 0 Å². The second kappa shape index (κ2) is 6.86. The van der Waals surface area contributed by atoms with E-state index in [0.717, 1.165) is 11.8 Å². The lowest BCUT2D eigenvalue weighted by Crippen LogP contribution is -2.10. The Labute approximate surface area is 89.1 Å². The molecule has 0 heteroatoms. The summed E-state index contributed by atoms with van der Waals surface area (Å²) in [5, 5.41) is 0. The van der Waals surface area contributed by atoms with Gasteiger partial charge in [0.25, 0.3) is 0 Å². The van der Waals surface area contributed by atoms with E-state index in [4.69, 9.17) is 0 Å². The maximum absolute atomic E-state index is 3.88. The van der Waals surface area contributed by atoms with Crippen molar-refractivity contribution in [3.63, 3.8) is 0 Å². The summed E-state index contributed by atoms with van der Waals surface area (Å²) >= 11 is 0. The molecule has 0 bridgehead atoms. The summed E-state index contributed by atoms with van der Waals surface area (Å²) < 4.78 is 0. The Morgan fingerprint density at radius 3 is 2.36 bits per heavy atom. The van der Waals surface area contributed by atoms with Crippen molar-refractivity contribution < 1.29 is 0 Å². The van der Waals surface area contributed by atoms with Gasteiger partial charge in [-0.15, -0.1) is 6.58 Å². The van der Waals surface area contributed by atoms with E-state index in [-0.39, 0.29) is 0 Å². The summed E-state index contributed by atoms with van der Waals surface area (Å²) in [5.41, 5.74) is 0. The van der Waals surface area contributed by atoms with Gasteiger partial charge in [0.15, 0.2) is 0 Å². The molecule has 80 valence electrons. The largest absolute Gasteiger partial charge is 0.103 e. The van der Waals surface area contributed by atoms with Crippen molar-refractivity contribution in [1.82, 2.24) is 0 Å². The Kier molecular flexibility index (Phi) is 5.66. The fourth-order valence-corrected chi connectivity index (χ4v) is 2.18. The molecule has 0 saturated heterocycles. The van der Waals surface area contributed by atoms with Gasteiger partial charge in [-0.05, 0) is 43.9 Å². The summed E-state index contributed by atoms with van der Waals surface area (Å²) in [4.78, 5) is 0. The Bertz CT molecular complexity index is 170. The maximum atomic E-state index is 3.88. The highest BCUT2D eigenvalue weighted by Crippen LogP contribution is 2.30. The van der Waals surface area contributed by atoms with Crippen molar-refractivity contribution in [2.24, 2.45) is 11.8 Å². The molecule has 1 aliphatic carbocycles. The van der Waals surface area contributed by atoms with Crippen molar-refractivity contribution >= 4 is 0 Å². The van der Waals surface area contributed by atoms with Gasteiger partial charge in [-0.3, -0.25) is 0 Å². The minimum atomic E-state index is 0.801. The van der Waals surface area contributed by atoms with Crippen LogP contribution in [0.3, 0.4) is 0 Å². The van der Waals surface area contributed by atoms with Crippen molar-refractivity contribution in [2.45, 2.75) is 51.9 Å². The molecule has 1 fully saturated rings. The van der Waals surface area contributed by atoms with Crippen molar-refractivity contribution in [3.8, 4) is 0 Å². The third-order valence-electron chi connectivity index (χ3n) is 3.28. The van der Waals surface area contributed by atoms with E-state index in [1.807, 2.05) is 0 Å². The van der Waals surface area contributed by atoms with Crippen LogP contribution in [-0.4, -0.2) is 0 Å². The third-order valence-corrected chi connectivity index (χ3v) is 3.28. The molecule has 0 aromatic carbocycles. The van der Waals surface area contributed by atoms with Gasteiger partial charge in [0.2, 0.25) is 0 Å². The molecule has 0 heterocycles. The lowest BCUT2D eigenvalue weighted by atomic mass is 9.82. The van der Waals surface area contributed by atoms with Crippen molar-refractivity contribution in [1.29, 1.82) is 0 Å². The molecule has 1 aliphatic rings. The van der Waals surface area contributed by atoms with E-state index in [0.29, 0.717) is 0 Å². The molecule has 0 amide bonds. The van der Waals surface area contributed by atoms with Crippen LogP contribution < -0.4 is 0 Å². The van der Waals surface area contributed by atoms with E-state index in [9.17, 15) is 0 Å². The molecule has 1 rings (SSSR count). The molecule has 0 atom stereocenters. The van der Waals surface area contributed by atoms with Gasteiger partial charge in [-0.1, -0.05) is 38.0 Å². The van der Waals surface area contributed by atoms with Crippen molar-refractivity contribution in [2.75, 3.05) is 0 Å². The van der Waals surface area contributed by atoms with Gasteiger partial charge in [0, 0.05) is 0 Å². The average Bonchev–Trinajstić information content (AvgIpc) is 2.25. The fraction of sp³-hybridized carbons (Fsp3) is 0.714. The van der Waals surface area contributed by atoms with Gasteiger partial charge in [-0.2, -0.15) is 0 Å². The summed E-state index contributed by atoms with van der Waals surface area (Å²) in [6.07, 6.45) is 16.4. The highest BCUT2D eigenvalue weighted by Gasteiger charge is 2.16. The first-order valence-electron chi connectivity index (χ1n) is 6.16. The topological polar surface area (TPSA) is 0 Å². The first-order valence-corrected chi connectivity index (χ1v) is 6.16. The zero-order valence-electron chi connectivity index (χ0n) is 9.54. The Morgan fingerprint density at radius 1 is 1.14 bits per heavy atom. The van der Waals surface area contributed by atoms with Gasteiger partial charge in [-0.25, -0.2) is 0 Å². The van der Waals surface area contributed by atoms with Gasteiger partial charge in [0.1, 0.15) is 0 Å². The van der Waals surface area contributed by atoms with Crippen LogP contribution >= 0.6 is 0 Å². The predicted molar refractivity (Wildman–Crippen MR) is 64.3 cm³/mol. The molecular weight excluding hydrogens is 168 g/mol. The summed E-state index contributed by atoms with van der Waals surface area (Å²) in [6.45, 7) is 6.13. The summed E-state index contributed by atoms with van der Waals surface area (Å²) in [7, 11) is 0. The lowest BCUT2D eigenvalue weighted by Gasteiger charge is -2.24. The smallest absolute Gasteiger partial charge is 0.0233 e. The van der Waals surface area contributed by atoms with Crippen LogP contribution in [0.4, 0.5) is 0 Å². The Morgan fingerprint density at radius 2 is 1.79 bits per heavy atom. The van der Waals surface area contributed by atoms with Crippen LogP contribution in [0.5, 0.6) is 0 Å². The second-order valence-electron chi connectivity index (χ2n) is 4.48. The highest BCUT2D eigenvalue weighted by atomic mass is 14.2. The maximum Gasteiger partial charge on any atom is -0.0233 e. The first-order chi connectivity index (χ1) is 6.86. The number of rotatable bonds is 5. The first kappa shape index (κ1) is 11.6. The van der Waals surface area contributed by atoms with Crippen LogP contribution in [0.15, 0.2) is 24.8 Å². The molecule has 0 N–H and O–H groups in total. The van der Waals surface area contributed by atoms with Crippen LogP contribution in [0.25, 0.3) is 0 Å². The summed E-state index contributed by atoms with van der Waals surface area (Å²) in [6, 6.07) is 0. The molecule has 0 unspecified atom stereocenters. The van der Waals surface area contributed by atoms with E-state index < -0.39 is 0 Å². The molecule has 14 heavy (non-hydrogen) atoms. The van der Waals surface area contributed by atoms with Gasteiger partial charge >= 0.3 is 0 Å². The van der Waals surface area contributed by atoms with E-state index >= 15 is 0 Å². The third kappa shape index (κ3) is 4.13. The standard InChI is InChI=1S/C14H24/c1-3-5-6-7-8-14-11-9-13(4-2)10-12-14/h4,7-8,13-14H,2-3,5-6,9-12H2,1H3/b8-7+. The normalized spacial score (nSPS) is 28.1. The monoisotopic (exact) mass is 192 g/mol. The zero-order chi connectivity index (χ0) is 10.2. The molecule has 0 spiro atoms. The SMILES string of the molecule is C=CC1CCC(/C=C/CCCC)CC1. The molecule has 0 aliphatic heterocycles. The Balaban J connectivity index is 2.15. The number of hydrogen-bond donors (Lipinski definition) is 0. The lowest BCUT2D eigenvalue weighted by molar-refractivity contribution is 0.356. The minimum Gasteiger partial charge on any atom is -0.103 e.